The van der Waals surface area contributed by atoms with Gasteiger partial charge in [0.25, 0.3) is 0 Å². The number of nitrogens with one attached hydrogen (secondary N) is 3. The second-order valence-corrected chi connectivity index (χ2v) is 12.7. The number of carbonyl (C=O) groups is 4. The number of hydrogen-bond acceptors (Lipinski definition) is 5. The zero-order valence-electron chi connectivity index (χ0n) is 22.2. The summed E-state index contributed by atoms with van der Waals surface area (Å²) in [5.74, 6) is 1.04. The first-order valence-corrected chi connectivity index (χ1v) is 13.9. The molecule has 0 aliphatic heterocycles. The number of anilines is 2. The first-order valence-electron chi connectivity index (χ1n) is 13.9. The van der Waals surface area contributed by atoms with E-state index in [-0.39, 0.29) is 40.6 Å². The molecule has 4 fully saturated rings. The number of rotatable bonds is 5. The zero-order valence-corrected chi connectivity index (χ0v) is 22.2. The third-order valence-electron chi connectivity index (χ3n) is 10.5. The lowest BCUT2D eigenvalue weighted by Gasteiger charge is -2.34. The van der Waals surface area contributed by atoms with E-state index < -0.39 is 10.8 Å². The van der Waals surface area contributed by atoms with Gasteiger partial charge in [-0.25, -0.2) is 4.98 Å². The number of ketones is 2. The number of amides is 2. The minimum absolute atomic E-state index is 0.0581. The fourth-order valence-corrected chi connectivity index (χ4v) is 7.97. The van der Waals surface area contributed by atoms with Crippen LogP contribution in [0.25, 0.3) is 22.4 Å². The molecule has 4 aliphatic rings. The van der Waals surface area contributed by atoms with E-state index in [0.717, 1.165) is 35.9 Å². The predicted octanol–water partition coefficient (Wildman–Crippen LogP) is 5.26. The number of benzene rings is 2. The molecule has 0 saturated heterocycles. The number of hydrogen-bond donors (Lipinski definition) is 3. The molecule has 4 unspecified atom stereocenters. The summed E-state index contributed by atoms with van der Waals surface area (Å²) >= 11 is 0. The van der Waals surface area contributed by atoms with Crippen LogP contribution in [0.15, 0.2) is 42.5 Å². The molecule has 39 heavy (non-hydrogen) atoms. The smallest absolute Gasteiger partial charge is 0.238 e. The largest absolute Gasteiger partial charge is 0.338 e. The van der Waals surface area contributed by atoms with Gasteiger partial charge >= 0.3 is 0 Å². The van der Waals surface area contributed by atoms with Gasteiger partial charge in [0.2, 0.25) is 11.8 Å². The zero-order chi connectivity index (χ0) is 27.2. The summed E-state index contributed by atoms with van der Waals surface area (Å²) in [5.41, 5.74) is 1.91. The molecule has 3 aromatic rings. The summed E-state index contributed by atoms with van der Waals surface area (Å²) in [4.78, 5) is 59.3. The molecular weight excluding hydrogens is 492 g/mol. The highest BCUT2D eigenvalue weighted by atomic mass is 16.2. The molecule has 0 radical (unpaired) electrons. The molecule has 2 amide bonds. The molecule has 8 heteroatoms. The van der Waals surface area contributed by atoms with Crippen LogP contribution in [0.1, 0.15) is 58.8 Å². The van der Waals surface area contributed by atoms with Crippen molar-refractivity contribution in [1.82, 2.24) is 9.97 Å². The van der Waals surface area contributed by atoms with E-state index in [2.05, 4.69) is 29.5 Å². The molecule has 1 heterocycles. The Hall–Kier alpha value is -3.81. The van der Waals surface area contributed by atoms with E-state index in [0.29, 0.717) is 42.9 Å². The Morgan fingerprint density at radius 1 is 0.949 bits per heavy atom. The lowest BCUT2D eigenvalue weighted by Crippen LogP contribution is -2.46. The summed E-state index contributed by atoms with van der Waals surface area (Å²) in [6.07, 6.45) is 4.66. The molecule has 3 N–H and O–H groups in total. The van der Waals surface area contributed by atoms with Crippen molar-refractivity contribution in [1.29, 1.82) is 0 Å². The van der Waals surface area contributed by atoms with E-state index in [1.165, 1.54) is 0 Å². The van der Waals surface area contributed by atoms with E-state index in [1.807, 2.05) is 42.5 Å². The SMILES string of the molecule is CC1(C)C2CCC1(C(=O)Nc1ccc3nc(-c4ccc(NC(=O)C56CCC(C5)C(=O)C6)cc4)[nH]c3c1)C(=O)C2. The van der Waals surface area contributed by atoms with Crippen LogP contribution in [-0.2, 0) is 19.2 Å². The van der Waals surface area contributed by atoms with Crippen LogP contribution in [0.4, 0.5) is 11.4 Å². The van der Waals surface area contributed by atoms with E-state index in [1.54, 1.807) is 0 Å². The average molecular weight is 525 g/mol. The number of carbonyl (C=O) groups excluding carboxylic acids is 4. The second-order valence-electron chi connectivity index (χ2n) is 12.7. The van der Waals surface area contributed by atoms with Gasteiger partial charge in [0.1, 0.15) is 22.8 Å². The van der Waals surface area contributed by atoms with E-state index in [4.69, 9.17) is 4.98 Å². The van der Waals surface area contributed by atoms with Crippen molar-refractivity contribution < 1.29 is 19.2 Å². The Kier molecular flexibility index (Phi) is 5.04. The Labute approximate surface area is 226 Å². The van der Waals surface area contributed by atoms with Gasteiger partial charge < -0.3 is 15.6 Å². The lowest BCUT2D eigenvalue weighted by atomic mass is 9.68. The molecule has 4 bridgehead atoms. The van der Waals surface area contributed by atoms with Crippen LogP contribution < -0.4 is 10.6 Å². The van der Waals surface area contributed by atoms with E-state index >= 15 is 0 Å². The second kappa shape index (κ2) is 8.10. The third kappa shape index (κ3) is 3.39. The Morgan fingerprint density at radius 3 is 2.33 bits per heavy atom. The first kappa shape index (κ1) is 24.2. The van der Waals surface area contributed by atoms with Gasteiger partial charge in [-0.3, -0.25) is 19.2 Å². The standard InChI is InChI=1S/C31H32N4O4/c1-29(2)19-10-12-31(29,25(37)13-19)28(39)33-21-7-8-22-23(14-21)35-26(34-22)17-3-5-20(6-4-17)32-27(38)30-11-9-18(15-30)24(36)16-30/h3-8,14,18-19H,9-13,15-16H2,1-2H3,(H,32,38)(H,33,39)(H,34,35). The Balaban J connectivity index is 1.07. The molecule has 200 valence electrons. The van der Waals surface area contributed by atoms with Crippen molar-refractivity contribution in [3.05, 3.63) is 42.5 Å². The molecule has 1 aromatic heterocycles. The number of aromatic amines is 1. The van der Waals surface area contributed by atoms with Crippen molar-refractivity contribution in [3.8, 4) is 11.4 Å². The van der Waals surface area contributed by atoms with Gasteiger partial charge in [0.05, 0.1) is 16.4 Å². The number of Topliss-reactive ketones (excluding diaryl/α,β-unsaturated/α-hetero) is 2. The monoisotopic (exact) mass is 524 g/mol. The molecular formula is C31H32N4O4. The van der Waals surface area contributed by atoms with Crippen LogP contribution in [0.2, 0.25) is 0 Å². The van der Waals surface area contributed by atoms with Crippen molar-refractivity contribution in [2.45, 2.75) is 58.8 Å². The van der Waals surface area contributed by atoms with Gasteiger partial charge in [0, 0.05) is 35.7 Å². The number of fused-ring (bicyclic) bond motifs is 5. The lowest BCUT2D eigenvalue weighted by molar-refractivity contribution is -0.141. The highest BCUT2D eigenvalue weighted by molar-refractivity contribution is 6.14. The summed E-state index contributed by atoms with van der Waals surface area (Å²) in [5, 5.41) is 6.03. The minimum atomic E-state index is -0.949. The van der Waals surface area contributed by atoms with Crippen molar-refractivity contribution >= 4 is 45.8 Å². The predicted molar refractivity (Wildman–Crippen MR) is 147 cm³/mol. The molecule has 4 saturated carbocycles. The number of aromatic nitrogens is 2. The van der Waals surface area contributed by atoms with Crippen molar-refractivity contribution in [2.75, 3.05) is 10.6 Å². The van der Waals surface area contributed by atoms with Gasteiger partial charge in [-0.15, -0.1) is 0 Å². The molecule has 8 nitrogen and oxygen atoms in total. The van der Waals surface area contributed by atoms with Crippen molar-refractivity contribution in [2.24, 2.45) is 28.1 Å². The third-order valence-corrected chi connectivity index (χ3v) is 10.5. The molecule has 4 aliphatic carbocycles. The summed E-state index contributed by atoms with van der Waals surface area (Å²) in [7, 11) is 0. The fourth-order valence-electron chi connectivity index (χ4n) is 7.97. The minimum Gasteiger partial charge on any atom is -0.338 e. The number of imidazole rings is 1. The Morgan fingerprint density at radius 2 is 1.69 bits per heavy atom. The maximum Gasteiger partial charge on any atom is 0.238 e. The quantitative estimate of drug-likeness (QED) is 0.393. The molecule has 4 atom stereocenters. The van der Waals surface area contributed by atoms with Crippen LogP contribution in [-0.4, -0.2) is 33.3 Å². The van der Waals surface area contributed by atoms with Crippen LogP contribution in [0, 0.1) is 28.1 Å². The van der Waals surface area contributed by atoms with Crippen molar-refractivity contribution in [3.63, 3.8) is 0 Å². The maximum absolute atomic E-state index is 13.4. The van der Waals surface area contributed by atoms with Crippen LogP contribution >= 0.6 is 0 Å². The van der Waals surface area contributed by atoms with Crippen LogP contribution in [0.5, 0.6) is 0 Å². The topological polar surface area (TPSA) is 121 Å². The summed E-state index contributed by atoms with van der Waals surface area (Å²) < 4.78 is 0. The van der Waals surface area contributed by atoms with Gasteiger partial charge in [-0.1, -0.05) is 13.8 Å². The number of H-pyrrole nitrogens is 1. The van der Waals surface area contributed by atoms with Gasteiger partial charge in [-0.2, -0.15) is 0 Å². The van der Waals surface area contributed by atoms with E-state index in [9.17, 15) is 19.2 Å². The Bertz CT molecular complexity index is 1570. The molecule has 2 aromatic carbocycles. The highest BCUT2D eigenvalue weighted by Gasteiger charge is 2.68. The maximum atomic E-state index is 13.4. The first-order chi connectivity index (χ1) is 18.6. The molecule has 0 spiro atoms. The number of nitrogens with zero attached hydrogens (tertiary/aromatic N) is 1. The highest BCUT2D eigenvalue weighted by Crippen LogP contribution is 2.64. The normalized spacial score (nSPS) is 30.3. The molecule has 7 rings (SSSR count). The summed E-state index contributed by atoms with van der Waals surface area (Å²) in [6.45, 7) is 4.10. The van der Waals surface area contributed by atoms with Crippen LogP contribution in [0.3, 0.4) is 0 Å². The fraction of sp³-hybridized carbons (Fsp3) is 0.452. The van der Waals surface area contributed by atoms with Gasteiger partial charge in [-0.05, 0) is 85.9 Å². The summed E-state index contributed by atoms with van der Waals surface area (Å²) in [6, 6.07) is 13.0. The average Bonchev–Trinajstić information content (AvgIpc) is 3.69. The van der Waals surface area contributed by atoms with Gasteiger partial charge in [0.15, 0.2) is 0 Å².